The maximum atomic E-state index is 5.44. The van der Waals surface area contributed by atoms with Crippen LogP contribution in [-0.2, 0) is 11.3 Å². The van der Waals surface area contributed by atoms with Gasteiger partial charge < -0.3 is 14.7 Å². The fourth-order valence-electron chi connectivity index (χ4n) is 3.55. The van der Waals surface area contributed by atoms with Gasteiger partial charge in [0.2, 0.25) is 0 Å². The number of nitrogens with one attached hydrogen (secondary N) is 2. The zero-order valence-corrected chi connectivity index (χ0v) is 16.3. The molecule has 0 saturated carbocycles. The fourth-order valence-corrected chi connectivity index (χ4v) is 4.05. The summed E-state index contributed by atoms with van der Waals surface area (Å²) in [6.07, 6.45) is 1.81. The predicted octanol–water partition coefficient (Wildman–Crippen LogP) is 3.54. The molecule has 0 atom stereocenters. The van der Waals surface area contributed by atoms with Crippen molar-refractivity contribution in [3.05, 3.63) is 45.9 Å². The molecule has 26 heavy (non-hydrogen) atoms. The fraction of sp³-hybridized carbons (Fsp3) is 0.263. The van der Waals surface area contributed by atoms with E-state index in [1.54, 1.807) is 0 Å². The highest BCUT2D eigenvalue weighted by Crippen LogP contribution is 2.29. The van der Waals surface area contributed by atoms with Gasteiger partial charge >= 0.3 is 0 Å². The van der Waals surface area contributed by atoms with E-state index in [4.69, 9.17) is 4.74 Å². The van der Waals surface area contributed by atoms with Crippen LogP contribution < -0.4 is 0 Å². The number of fused-ring (bicyclic) bond motifs is 2. The molecule has 7 heteroatoms. The van der Waals surface area contributed by atoms with Crippen molar-refractivity contribution in [2.24, 2.45) is 0 Å². The van der Waals surface area contributed by atoms with Crippen molar-refractivity contribution in [2.75, 3.05) is 26.3 Å². The zero-order chi connectivity index (χ0) is 17.5. The van der Waals surface area contributed by atoms with Crippen LogP contribution in [0, 0.1) is 3.83 Å². The highest BCUT2D eigenvalue weighted by Gasteiger charge is 2.13. The second kappa shape index (κ2) is 6.64. The second-order valence-corrected chi connectivity index (χ2v) is 7.60. The van der Waals surface area contributed by atoms with Crippen LogP contribution in [0.15, 0.2) is 36.5 Å². The average molecular weight is 459 g/mol. The second-order valence-electron chi connectivity index (χ2n) is 6.58. The van der Waals surface area contributed by atoms with E-state index >= 15 is 0 Å². The monoisotopic (exact) mass is 459 g/mol. The molecule has 0 bridgehead atoms. The smallest absolute Gasteiger partial charge is 0.179 e. The summed E-state index contributed by atoms with van der Waals surface area (Å²) in [7, 11) is 0. The van der Waals surface area contributed by atoms with Crippen molar-refractivity contribution < 1.29 is 4.74 Å². The Balaban J connectivity index is 1.51. The third kappa shape index (κ3) is 3.00. The minimum absolute atomic E-state index is 0.749. The van der Waals surface area contributed by atoms with Gasteiger partial charge in [-0.3, -0.25) is 4.90 Å². The summed E-state index contributed by atoms with van der Waals surface area (Å²) in [4.78, 5) is 18.1. The molecule has 1 saturated heterocycles. The summed E-state index contributed by atoms with van der Waals surface area (Å²) >= 11 is 2.18. The van der Waals surface area contributed by atoms with Gasteiger partial charge in [-0.2, -0.15) is 0 Å². The lowest BCUT2D eigenvalue weighted by molar-refractivity contribution is 0.0342. The minimum Gasteiger partial charge on any atom is -0.379 e. The van der Waals surface area contributed by atoms with Crippen molar-refractivity contribution in [3.63, 3.8) is 0 Å². The summed E-state index contributed by atoms with van der Waals surface area (Å²) < 4.78 is 6.29. The van der Waals surface area contributed by atoms with Crippen LogP contribution in [0.25, 0.3) is 33.3 Å². The van der Waals surface area contributed by atoms with E-state index in [1.165, 1.54) is 10.9 Å². The van der Waals surface area contributed by atoms with Gasteiger partial charge in [0.1, 0.15) is 0 Å². The van der Waals surface area contributed by atoms with E-state index in [1.807, 2.05) is 12.3 Å². The highest BCUT2D eigenvalue weighted by molar-refractivity contribution is 14.1. The molecule has 1 fully saturated rings. The van der Waals surface area contributed by atoms with Crippen LogP contribution in [0.5, 0.6) is 0 Å². The number of hydrogen-bond donors (Lipinski definition) is 2. The maximum absolute atomic E-state index is 5.44. The minimum atomic E-state index is 0.749. The number of nitrogens with zero attached hydrogens (tertiary/aromatic N) is 3. The van der Waals surface area contributed by atoms with Crippen LogP contribution in [0.4, 0.5) is 0 Å². The number of hydrogen-bond acceptors (Lipinski definition) is 4. The molecule has 5 rings (SSSR count). The Bertz CT molecular complexity index is 1080. The van der Waals surface area contributed by atoms with Crippen LogP contribution in [0.2, 0.25) is 0 Å². The Morgan fingerprint density at radius 3 is 2.88 bits per heavy atom. The molecule has 0 aliphatic carbocycles. The summed E-state index contributed by atoms with van der Waals surface area (Å²) in [5.41, 5.74) is 6.37. The Labute approximate surface area is 164 Å². The molecule has 1 aliphatic heterocycles. The van der Waals surface area contributed by atoms with Crippen molar-refractivity contribution in [1.82, 2.24) is 24.8 Å². The molecule has 3 aromatic heterocycles. The molecule has 0 radical (unpaired) electrons. The topological polar surface area (TPSA) is 69.8 Å². The first-order valence-corrected chi connectivity index (χ1v) is 9.76. The lowest BCUT2D eigenvalue weighted by atomic mass is 10.1. The summed E-state index contributed by atoms with van der Waals surface area (Å²) in [5, 5.41) is 1.23. The molecular formula is C19H18IN5O. The molecule has 4 aromatic rings. The number of aromatic amines is 2. The van der Waals surface area contributed by atoms with Gasteiger partial charge in [0.05, 0.1) is 18.7 Å². The number of pyridine rings is 1. The predicted molar refractivity (Wildman–Crippen MR) is 110 cm³/mol. The van der Waals surface area contributed by atoms with E-state index in [9.17, 15) is 0 Å². The molecule has 6 nitrogen and oxygen atoms in total. The quantitative estimate of drug-likeness (QED) is 0.460. The van der Waals surface area contributed by atoms with Gasteiger partial charge in [-0.25, -0.2) is 9.97 Å². The average Bonchev–Trinajstić information content (AvgIpc) is 3.24. The van der Waals surface area contributed by atoms with Crippen LogP contribution in [-0.4, -0.2) is 51.1 Å². The summed E-state index contributed by atoms with van der Waals surface area (Å²) in [6, 6.07) is 10.9. The Morgan fingerprint density at radius 2 is 2.00 bits per heavy atom. The first-order chi connectivity index (χ1) is 12.8. The third-order valence-electron chi connectivity index (χ3n) is 4.85. The lowest BCUT2D eigenvalue weighted by Gasteiger charge is -2.26. The Kier molecular flexibility index (Phi) is 4.14. The SMILES string of the molecule is Ic1nc2nccc(-c3cc4cc(CN5CCOCC5)ccc4[nH]3)c2[nH]1. The molecule has 0 unspecified atom stereocenters. The number of benzene rings is 1. The Morgan fingerprint density at radius 1 is 1.12 bits per heavy atom. The number of imidazole rings is 1. The van der Waals surface area contributed by atoms with E-state index in [0.717, 1.165) is 64.6 Å². The molecule has 132 valence electrons. The largest absolute Gasteiger partial charge is 0.379 e. The number of rotatable bonds is 3. The maximum Gasteiger partial charge on any atom is 0.179 e. The van der Waals surface area contributed by atoms with Crippen molar-refractivity contribution >= 4 is 44.7 Å². The van der Waals surface area contributed by atoms with E-state index in [0.29, 0.717) is 0 Å². The number of morpholine rings is 1. The summed E-state index contributed by atoms with van der Waals surface area (Å²) in [6.45, 7) is 4.64. The van der Waals surface area contributed by atoms with Gasteiger partial charge in [-0.15, -0.1) is 0 Å². The Hall–Kier alpha value is -1.97. The summed E-state index contributed by atoms with van der Waals surface area (Å²) in [5.74, 6) is 0. The normalized spacial score (nSPS) is 15.9. The van der Waals surface area contributed by atoms with Gasteiger partial charge in [0, 0.05) is 48.0 Å². The van der Waals surface area contributed by atoms with Gasteiger partial charge in [0.15, 0.2) is 9.48 Å². The van der Waals surface area contributed by atoms with Crippen LogP contribution >= 0.6 is 22.6 Å². The molecule has 4 heterocycles. The number of halogens is 1. The van der Waals surface area contributed by atoms with E-state index in [-0.39, 0.29) is 0 Å². The van der Waals surface area contributed by atoms with Gasteiger partial charge in [-0.1, -0.05) is 6.07 Å². The molecule has 0 amide bonds. The lowest BCUT2D eigenvalue weighted by Crippen LogP contribution is -2.35. The van der Waals surface area contributed by atoms with Crippen molar-refractivity contribution in [1.29, 1.82) is 0 Å². The van der Waals surface area contributed by atoms with Crippen LogP contribution in [0.3, 0.4) is 0 Å². The van der Waals surface area contributed by atoms with E-state index < -0.39 is 0 Å². The van der Waals surface area contributed by atoms with E-state index in [2.05, 4.69) is 71.7 Å². The van der Waals surface area contributed by atoms with Gasteiger partial charge in [-0.05, 0) is 52.4 Å². The van der Waals surface area contributed by atoms with Crippen LogP contribution in [0.1, 0.15) is 5.56 Å². The highest BCUT2D eigenvalue weighted by atomic mass is 127. The van der Waals surface area contributed by atoms with Crippen molar-refractivity contribution in [2.45, 2.75) is 6.54 Å². The number of aromatic nitrogens is 4. The third-order valence-corrected chi connectivity index (χ3v) is 5.36. The first kappa shape index (κ1) is 16.2. The number of H-pyrrole nitrogens is 2. The first-order valence-electron chi connectivity index (χ1n) is 8.68. The standard InChI is InChI=1S/C19H18IN5O/c20-19-23-17-14(3-4-21-18(17)24-19)16-10-13-9-12(1-2-15(13)22-16)11-25-5-7-26-8-6-25/h1-4,9-10,22H,5-8,11H2,(H,21,23,24). The molecule has 1 aliphatic rings. The molecule has 0 spiro atoms. The number of ether oxygens (including phenoxy) is 1. The molecule has 1 aromatic carbocycles. The van der Waals surface area contributed by atoms with Crippen molar-refractivity contribution in [3.8, 4) is 11.3 Å². The molecular weight excluding hydrogens is 441 g/mol. The van der Waals surface area contributed by atoms with Gasteiger partial charge in [0.25, 0.3) is 0 Å². The zero-order valence-electron chi connectivity index (χ0n) is 14.1. The molecule has 2 N–H and O–H groups in total.